The molecule has 0 saturated heterocycles. The van der Waals surface area contributed by atoms with Crippen molar-refractivity contribution in [2.75, 3.05) is 7.11 Å². The van der Waals surface area contributed by atoms with Crippen molar-refractivity contribution in [1.82, 2.24) is 4.57 Å². The number of phenols is 1. The van der Waals surface area contributed by atoms with E-state index in [4.69, 9.17) is 9.15 Å². The van der Waals surface area contributed by atoms with Crippen LogP contribution in [-0.2, 0) is 6.54 Å². The van der Waals surface area contributed by atoms with Gasteiger partial charge in [-0.25, -0.2) is 4.79 Å². The monoisotopic (exact) mass is 425 g/mol. The van der Waals surface area contributed by atoms with Crippen LogP contribution in [-0.4, -0.2) is 16.8 Å². The number of aromatic hydroxyl groups is 1. The first-order valence-electron chi connectivity index (χ1n) is 10.1. The van der Waals surface area contributed by atoms with E-state index in [1.165, 1.54) is 18.2 Å². The van der Waals surface area contributed by atoms with Crippen LogP contribution in [0.3, 0.4) is 0 Å². The van der Waals surface area contributed by atoms with Gasteiger partial charge >= 0.3 is 5.63 Å². The Hall–Kier alpha value is -4.32. The number of rotatable bonds is 4. The first-order valence-corrected chi connectivity index (χ1v) is 10.1. The Balaban J connectivity index is 1.88. The van der Waals surface area contributed by atoms with E-state index in [1.54, 1.807) is 17.7 Å². The number of hydrogen-bond donors (Lipinski definition) is 1. The van der Waals surface area contributed by atoms with E-state index in [0.717, 1.165) is 11.1 Å². The predicted octanol–water partition coefficient (Wildman–Crippen LogP) is 4.54. The zero-order chi connectivity index (χ0) is 22.2. The second kappa shape index (κ2) is 7.74. The molecule has 158 valence electrons. The molecule has 0 aliphatic carbocycles. The Morgan fingerprint density at radius 1 is 0.906 bits per heavy atom. The van der Waals surface area contributed by atoms with Gasteiger partial charge in [-0.05, 0) is 59.7 Å². The summed E-state index contributed by atoms with van der Waals surface area (Å²) in [5, 5.41) is 10.9. The molecule has 0 amide bonds. The fourth-order valence-electron chi connectivity index (χ4n) is 3.95. The zero-order valence-corrected chi connectivity index (χ0v) is 17.2. The molecule has 0 spiro atoms. The molecule has 0 aliphatic heterocycles. The maximum Gasteiger partial charge on any atom is 0.349 e. The third-order valence-corrected chi connectivity index (χ3v) is 5.53. The first-order chi connectivity index (χ1) is 15.5. The van der Waals surface area contributed by atoms with E-state index in [-0.39, 0.29) is 17.7 Å². The van der Waals surface area contributed by atoms with Gasteiger partial charge in [-0.3, -0.25) is 4.79 Å². The van der Waals surface area contributed by atoms with Gasteiger partial charge in [0.2, 0.25) is 0 Å². The Bertz CT molecular complexity index is 1560. The van der Waals surface area contributed by atoms with Gasteiger partial charge in [0.15, 0.2) is 0 Å². The van der Waals surface area contributed by atoms with Crippen LogP contribution in [0.15, 0.2) is 92.9 Å². The highest BCUT2D eigenvalue weighted by Gasteiger charge is 2.18. The van der Waals surface area contributed by atoms with Crippen LogP contribution >= 0.6 is 0 Å². The molecule has 0 radical (unpaired) electrons. The average Bonchev–Trinajstić information content (AvgIpc) is 2.81. The smallest absolute Gasteiger partial charge is 0.349 e. The summed E-state index contributed by atoms with van der Waals surface area (Å²) < 4.78 is 12.2. The average molecular weight is 425 g/mol. The van der Waals surface area contributed by atoms with Crippen molar-refractivity contribution in [1.29, 1.82) is 0 Å². The van der Waals surface area contributed by atoms with Crippen molar-refractivity contribution in [3.63, 3.8) is 0 Å². The maximum atomic E-state index is 13.6. The lowest BCUT2D eigenvalue weighted by Crippen LogP contribution is -2.26. The molecular weight excluding hydrogens is 406 g/mol. The lowest BCUT2D eigenvalue weighted by Gasteiger charge is -2.16. The summed E-state index contributed by atoms with van der Waals surface area (Å²) in [6.45, 7) is 0.286. The molecule has 6 nitrogen and oxygen atoms in total. The molecule has 0 unspecified atom stereocenters. The predicted molar refractivity (Wildman–Crippen MR) is 123 cm³/mol. The minimum Gasteiger partial charge on any atom is -0.508 e. The Kier molecular flexibility index (Phi) is 4.75. The van der Waals surface area contributed by atoms with Gasteiger partial charge in [-0.2, -0.15) is 0 Å². The molecule has 0 fully saturated rings. The van der Waals surface area contributed by atoms with Crippen LogP contribution in [0, 0.1) is 0 Å². The molecule has 1 N–H and O–H groups in total. The molecule has 3 aromatic carbocycles. The lowest BCUT2D eigenvalue weighted by atomic mass is 10.0. The summed E-state index contributed by atoms with van der Waals surface area (Å²) in [6.07, 6.45) is 0. The Morgan fingerprint density at radius 3 is 2.38 bits per heavy atom. The summed E-state index contributed by atoms with van der Waals surface area (Å²) in [5.41, 5.74) is 1.52. The van der Waals surface area contributed by atoms with Gasteiger partial charge in [0.25, 0.3) is 5.56 Å². The quantitative estimate of drug-likeness (QED) is 0.338. The maximum absolute atomic E-state index is 13.6. The first kappa shape index (κ1) is 19.6. The van der Waals surface area contributed by atoms with E-state index in [0.29, 0.717) is 27.8 Å². The topological polar surface area (TPSA) is 81.7 Å². The van der Waals surface area contributed by atoms with Gasteiger partial charge in [0.05, 0.1) is 19.3 Å². The largest absolute Gasteiger partial charge is 0.508 e. The third kappa shape index (κ3) is 3.32. The van der Waals surface area contributed by atoms with Crippen LogP contribution in [0.25, 0.3) is 33.0 Å². The summed E-state index contributed by atoms with van der Waals surface area (Å²) in [6, 6.07) is 23.2. The summed E-state index contributed by atoms with van der Waals surface area (Å²) in [7, 11) is 1.59. The summed E-state index contributed by atoms with van der Waals surface area (Å²) >= 11 is 0. The van der Waals surface area contributed by atoms with Crippen molar-refractivity contribution < 1.29 is 14.3 Å². The Labute approximate surface area is 182 Å². The van der Waals surface area contributed by atoms with Gasteiger partial charge in [0.1, 0.15) is 22.5 Å². The lowest BCUT2D eigenvalue weighted by molar-refractivity contribution is 0.415. The molecule has 32 heavy (non-hydrogen) atoms. The van der Waals surface area contributed by atoms with Crippen LogP contribution in [0.5, 0.6) is 11.5 Å². The molecule has 0 aliphatic rings. The second-order valence-electron chi connectivity index (χ2n) is 7.49. The van der Waals surface area contributed by atoms with E-state index in [1.807, 2.05) is 54.6 Å². The normalized spacial score (nSPS) is 11.2. The Morgan fingerprint density at radius 2 is 1.66 bits per heavy atom. The standard InChI is InChI=1S/C26H19NO5/c1-31-19-10-7-17(8-11-19)22-14-21-20-13-18(28)9-12-23(20)32-26(30)24(21)25(29)27(22)15-16-5-3-2-4-6-16/h2-14,28H,15H2,1H3. The van der Waals surface area contributed by atoms with Crippen LogP contribution in [0.4, 0.5) is 0 Å². The molecule has 5 aromatic rings. The summed E-state index contributed by atoms with van der Waals surface area (Å²) in [5.74, 6) is 0.717. The molecule has 0 atom stereocenters. The highest BCUT2D eigenvalue weighted by Crippen LogP contribution is 2.30. The van der Waals surface area contributed by atoms with Crippen LogP contribution in [0.2, 0.25) is 0 Å². The number of fused-ring (bicyclic) bond motifs is 3. The number of hydrogen-bond acceptors (Lipinski definition) is 5. The van der Waals surface area contributed by atoms with Crippen molar-refractivity contribution in [2.24, 2.45) is 0 Å². The SMILES string of the molecule is COc1ccc(-c2cc3c(c(=O)oc4ccc(O)cc43)c(=O)n2Cc2ccccc2)cc1. The van der Waals surface area contributed by atoms with E-state index in [9.17, 15) is 14.7 Å². The molecule has 2 aromatic heterocycles. The van der Waals surface area contributed by atoms with Crippen molar-refractivity contribution in [3.8, 4) is 22.8 Å². The number of methoxy groups -OCH3 is 1. The highest BCUT2D eigenvalue weighted by molar-refractivity contribution is 6.05. The van der Waals surface area contributed by atoms with Gasteiger partial charge in [0, 0.05) is 10.8 Å². The van der Waals surface area contributed by atoms with Crippen molar-refractivity contribution >= 4 is 21.7 Å². The number of ether oxygens (including phenoxy) is 1. The van der Waals surface area contributed by atoms with Crippen molar-refractivity contribution in [2.45, 2.75) is 6.54 Å². The van der Waals surface area contributed by atoms with E-state index < -0.39 is 11.2 Å². The molecule has 5 rings (SSSR count). The van der Waals surface area contributed by atoms with E-state index in [2.05, 4.69) is 0 Å². The van der Waals surface area contributed by atoms with Crippen LogP contribution < -0.4 is 15.9 Å². The third-order valence-electron chi connectivity index (χ3n) is 5.53. The summed E-state index contributed by atoms with van der Waals surface area (Å²) in [4.78, 5) is 26.4. The molecule has 2 heterocycles. The fourth-order valence-corrected chi connectivity index (χ4v) is 3.95. The molecular formula is C26H19NO5. The number of nitrogens with zero attached hydrogens (tertiary/aromatic N) is 1. The fraction of sp³-hybridized carbons (Fsp3) is 0.0769. The van der Waals surface area contributed by atoms with E-state index >= 15 is 0 Å². The number of phenolic OH excluding ortho intramolecular Hbond substituents is 1. The highest BCUT2D eigenvalue weighted by atomic mass is 16.5. The van der Waals surface area contributed by atoms with Crippen LogP contribution in [0.1, 0.15) is 5.56 Å². The van der Waals surface area contributed by atoms with Crippen molar-refractivity contribution in [3.05, 3.63) is 105 Å². The number of aromatic nitrogens is 1. The molecule has 6 heteroatoms. The van der Waals surface area contributed by atoms with Gasteiger partial charge in [-0.15, -0.1) is 0 Å². The zero-order valence-electron chi connectivity index (χ0n) is 17.2. The van der Waals surface area contributed by atoms with Gasteiger partial charge in [-0.1, -0.05) is 30.3 Å². The number of pyridine rings is 1. The minimum absolute atomic E-state index is 0.0205. The van der Waals surface area contributed by atoms with Gasteiger partial charge < -0.3 is 18.8 Å². The minimum atomic E-state index is -0.703. The second-order valence-corrected chi connectivity index (χ2v) is 7.49. The molecule has 0 saturated carbocycles. The number of benzene rings is 3. The molecule has 0 bridgehead atoms.